The summed E-state index contributed by atoms with van der Waals surface area (Å²) in [7, 11) is 0. The van der Waals surface area contributed by atoms with Gasteiger partial charge in [-0.2, -0.15) is 4.98 Å². The summed E-state index contributed by atoms with van der Waals surface area (Å²) in [6.07, 6.45) is 0.266. The molecule has 4 rings (SSSR count). The number of benzene rings is 3. The van der Waals surface area contributed by atoms with Crippen molar-refractivity contribution in [2.45, 2.75) is 12.8 Å². The number of anilines is 1. The van der Waals surface area contributed by atoms with Crippen LogP contribution in [0.1, 0.15) is 28.2 Å². The number of aryl methyl sites for hydroxylation is 1. The SMILES string of the molecule is O=C(CCc1nc(-c2ccc(F)cc2)no1)Nc1ccc(Cl)cc1C(=O)c1ccccc1. The zero-order chi connectivity index (χ0) is 22.5. The number of amides is 1. The first-order valence-electron chi connectivity index (χ1n) is 9.77. The van der Waals surface area contributed by atoms with E-state index in [1.54, 1.807) is 48.5 Å². The van der Waals surface area contributed by atoms with Crippen molar-refractivity contribution in [1.82, 2.24) is 10.1 Å². The monoisotopic (exact) mass is 449 g/mol. The highest BCUT2D eigenvalue weighted by molar-refractivity contribution is 6.31. The summed E-state index contributed by atoms with van der Waals surface area (Å²) in [5.74, 6) is -0.341. The van der Waals surface area contributed by atoms with Crippen LogP contribution in [0.3, 0.4) is 0 Å². The molecule has 0 fully saturated rings. The van der Waals surface area contributed by atoms with Crippen molar-refractivity contribution in [2.75, 3.05) is 5.32 Å². The molecule has 8 heteroatoms. The number of ketones is 1. The van der Waals surface area contributed by atoms with Crippen LogP contribution >= 0.6 is 11.6 Å². The predicted octanol–water partition coefficient (Wildman–Crippen LogP) is 5.33. The van der Waals surface area contributed by atoms with E-state index in [9.17, 15) is 14.0 Å². The molecule has 0 unspecified atom stereocenters. The first-order chi connectivity index (χ1) is 15.5. The van der Waals surface area contributed by atoms with Gasteiger partial charge in [0.2, 0.25) is 17.6 Å². The summed E-state index contributed by atoms with van der Waals surface area (Å²) in [6.45, 7) is 0. The van der Waals surface area contributed by atoms with E-state index in [1.165, 1.54) is 18.2 Å². The number of hydrogen-bond donors (Lipinski definition) is 1. The molecule has 0 aliphatic heterocycles. The predicted molar refractivity (Wildman–Crippen MR) is 118 cm³/mol. The molecule has 4 aromatic rings. The first kappa shape index (κ1) is 21.4. The zero-order valence-corrected chi connectivity index (χ0v) is 17.5. The summed E-state index contributed by atoms with van der Waals surface area (Å²) < 4.78 is 18.2. The van der Waals surface area contributed by atoms with Gasteiger partial charge in [0, 0.05) is 34.6 Å². The summed E-state index contributed by atoms with van der Waals surface area (Å²) >= 11 is 6.07. The first-order valence-corrected chi connectivity index (χ1v) is 10.1. The molecule has 0 radical (unpaired) electrons. The van der Waals surface area contributed by atoms with Gasteiger partial charge in [-0.05, 0) is 42.5 Å². The van der Waals surface area contributed by atoms with Crippen LogP contribution < -0.4 is 5.32 Å². The molecule has 32 heavy (non-hydrogen) atoms. The molecular weight excluding hydrogens is 433 g/mol. The second-order valence-electron chi connectivity index (χ2n) is 6.95. The Morgan fingerprint density at radius 1 is 1.00 bits per heavy atom. The maximum atomic E-state index is 13.1. The number of aromatic nitrogens is 2. The van der Waals surface area contributed by atoms with Crippen LogP contribution in [0.2, 0.25) is 5.02 Å². The van der Waals surface area contributed by atoms with E-state index in [4.69, 9.17) is 16.1 Å². The summed E-state index contributed by atoms with van der Waals surface area (Å²) in [6, 6.07) is 19.2. The lowest BCUT2D eigenvalue weighted by Crippen LogP contribution is -2.15. The van der Waals surface area contributed by atoms with Crippen LogP contribution in [0.5, 0.6) is 0 Å². The van der Waals surface area contributed by atoms with Crippen molar-refractivity contribution in [3.63, 3.8) is 0 Å². The number of halogens is 2. The molecule has 160 valence electrons. The molecule has 6 nitrogen and oxygen atoms in total. The summed E-state index contributed by atoms with van der Waals surface area (Å²) in [5, 5.41) is 7.00. The van der Waals surface area contributed by atoms with Crippen LogP contribution in [0.4, 0.5) is 10.1 Å². The van der Waals surface area contributed by atoms with E-state index < -0.39 is 0 Å². The molecule has 0 spiro atoms. The highest BCUT2D eigenvalue weighted by Gasteiger charge is 2.17. The number of carbonyl (C=O) groups excluding carboxylic acids is 2. The lowest BCUT2D eigenvalue weighted by molar-refractivity contribution is -0.116. The average molecular weight is 450 g/mol. The Morgan fingerprint density at radius 3 is 2.50 bits per heavy atom. The molecule has 1 heterocycles. The molecule has 0 saturated carbocycles. The second kappa shape index (κ2) is 9.53. The van der Waals surface area contributed by atoms with E-state index in [0.717, 1.165) is 0 Å². The van der Waals surface area contributed by atoms with E-state index in [2.05, 4.69) is 15.5 Å². The highest BCUT2D eigenvalue weighted by atomic mass is 35.5. The van der Waals surface area contributed by atoms with Crippen molar-refractivity contribution in [3.8, 4) is 11.4 Å². The van der Waals surface area contributed by atoms with Gasteiger partial charge in [-0.15, -0.1) is 0 Å². The maximum absolute atomic E-state index is 13.1. The van der Waals surface area contributed by atoms with Crippen LogP contribution in [-0.4, -0.2) is 21.8 Å². The number of rotatable bonds is 7. The van der Waals surface area contributed by atoms with Gasteiger partial charge >= 0.3 is 0 Å². The fraction of sp³-hybridized carbons (Fsp3) is 0.0833. The Morgan fingerprint density at radius 2 is 1.75 bits per heavy atom. The largest absolute Gasteiger partial charge is 0.339 e. The minimum atomic E-state index is -0.360. The normalized spacial score (nSPS) is 10.7. The van der Waals surface area contributed by atoms with Gasteiger partial charge < -0.3 is 9.84 Å². The molecule has 1 N–H and O–H groups in total. The molecule has 0 aliphatic carbocycles. The minimum Gasteiger partial charge on any atom is -0.339 e. The van der Waals surface area contributed by atoms with Crippen molar-refractivity contribution in [2.24, 2.45) is 0 Å². The molecule has 0 saturated heterocycles. The van der Waals surface area contributed by atoms with Crippen LogP contribution in [0.15, 0.2) is 77.3 Å². The van der Waals surface area contributed by atoms with Crippen molar-refractivity contribution in [3.05, 3.63) is 101 Å². The molecule has 0 bridgehead atoms. The lowest BCUT2D eigenvalue weighted by atomic mass is 10.0. The van der Waals surface area contributed by atoms with E-state index >= 15 is 0 Å². The number of hydrogen-bond acceptors (Lipinski definition) is 5. The van der Waals surface area contributed by atoms with Gasteiger partial charge in [0.25, 0.3) is 0 Å². The fourth-order valence-corrected chi connectivity index (χ4v) is 3.24. The highest BCUT2D eigenvalue weighted by Crippen LogP contribution is 2.24. The third kappa shape index (κ3) is 5.07. The van der Waals surface area contributed by atoms with E-state index in [0.29, 0.717) is 33.2 Å². The Hall–Kier alpha value is -3.84. The molecule has 1 aromatic heterocycles. The Balaban J connectivity index is 1.43. The van der Waals surface area contributed by atoms with Crippen LogP contribution in [0.25, 0.3) is 11.4 Å². The minimum absolute atomic E-state index is 0.0621. The van der Waals surface area contributed by atoms with Gasteiger partial charge in [-0.25, -0.2) is 4.39 Å². The van der Waals surface area contributed by atoms with E-state index in [1.807, 2.05) is 6.07 Å². The summed E-state index contributed by atoms with van der Waals surface area (Å²) in [5.41, 5.74) is 1.76. The third-order valence-corrected chi connectivity index (χ3v) is 4.91. The number of carbonyl (C=O) groups is 2. The fourth-order valence-electron chi connectivity index (χ4n) is 3.06. The Labute approximate surface area is 188 Å². The van der Waals surface area contributed by atoms with Gasteiger partial charge in [0.05, 0.1) is 5.69 Å². The Bertz CT molecular complexity index is 1260. The van der Waals surface area contributed by atoms with Gasteiger partial charge in [-0.3, -0.25) is 9.59 Å². The van der Waals surface area contributed by atoms with Crippen molar-refractivity contribution in [1.29, 1.82) is 0 Å². The van der Waals surface area contributed by atoms with Gasteiger partial charge in [0.15, 0.2) is 5.78 Å². The van der Waals surface area contributed by atoms with Crippen molar-refractivity contribution >= 4 is 29.0 Å². The van der Waals surface area contributed by atoms with Gasteiger partial charge in [-0.1, -0.05) is 47.1 Å². The maximum Gasteiger partial charge on any atom is 0.227 e. The number of nitrogens with one attached hydrogen (secondary N) is 1. The molecular formula is C24H17ClFN3O3. The summed E-state index contributed by atoms with van der Waals surface area (Å²) in [4.78, 5) is 29.6. The molecule has 0 aliphatic rings. The molecule has 1 amide bonds. The quantitative estimate of drug-likeness (QED) is 0.385. The third-order valence-electron chi connectivity index (χ3n) is 4.67. The smallest absolute Gasteiger partial charge is 0.227 e. The molecule has 0 atom stereocenters. The average Bonchev–Trinajstić information content (AvgIpc) is 3.28. The Kier molecular flexibility index (Phi) is 6.37. The van der Waals surface area contributed by atoms with Gasteiger partial charge in [0.1, 0.15) is 5.82 Å². The van der Waals surface area contributed by atoms with Crippen LogP contribution in [-0.2, 0) is 11.2 Å². The van der Waals surface area contributed by atoms with Crippen LogP contribution in [0, 0.1) is 5.82 Å². The van der Waals surface area contributed by atoms with E-state index in [-0.39, 0.29) is 36.2 Å². The standard InChI is InChI=1S/C24H17ClFN3O3/c25-17-8-11-20(19(14-17)23(31)15-4-2-1-3-5-15)27-21(30)12-13-22-28-24(29-32-22)16-6-9-18(26)10-7-16/h1-11,14H,12-13H2,(H,27,30). The van der Waals surface area contributed by atoms with Crippen molar-refractivity contribution < 1.29 is 18.5 Å². The zero-order valence-electron chi connectivity index (χ0n) is 16.7. The number of nitrogens with zero attached hydrogens (tertiary/aromatic N) is 2. The molecule has 3 aromatic carbocycles. The topological polar surface area (TPSA) is 85.1 Å². The lowest BCUT2D eigenvalue weighted by Gasteiger charge is -2.11. The second-order valence-corrected chi connectivity index (χ2v) is 7.39.